The van der Waals surface area contributed by atoms with E-state index >= 15 is 0 Å². The third-order valence-corrected chi connectivity index (χ3v) is 3.20. The van der Waals surface area contributed by atoms with Crippen LogP contribution in [0.3, 0.4) is 0 Å². The Morgan fingerprint density at radius 2 is 2.19 bits per heavy atom. The molecule has 0 aliphatic heterocycles. The number of aromatic nitrogens is 2. The van der Waals surface area contributed by atoms with E-state index in [1.54, 1.807) is 17.0 Å². The highest BCUT2D eigenvalue weighted by Gasteiger charge is 2.16. The van der Waals surface area contributed by atoms with Gasteiger partial charge in [0, 0.05) is 31.9 Å². The highest BCUT2D eigenvalue weighted by molar-refractivity contribution is 5.67. The fourth-order valence-corrected chi connectivity index (χ4v) is 2.38. The van der Waals surface area contributed by atoms with Gasteiger partial charge in [-0.25, -0.2) is 4.98 Å². The van der Waals surface area contributed by atoms with Gasteiger partial charge in [0.1, 0.15) is 0 Å². The molecule has 1 rings (SSSR count). The van der Waals surface area contributed by atoms with E-state index in [1.807, 2.05) is 6.92 Å². The second-order valence-electron chi connectivity index (χ2n) is 5.75. The SMILES string of the molecule is CCCn1ccnc(NCC(CC(=O)O)CC(C)C)c1=O. The Morgan fingerprint density at radius 1 is 1.48 bits per heavy atom. The first-order valence-corrected chi connectivity index (χ1v) is 7.45. The van der Waals surface area contributed by atoms with Gasteiger partial charge in [-0.05, 0) is 24.7 Å². The van der Waals surface area contributed by atoms with Crippen LogP contribution in [-0.2, 0) is 11.3 Å². The molecule has 0 bridgehead atoms. The van der Waals surface area contributed by atoms with E-state index in [2.05, 4.69) is 24.1 Å². The van der Waals surface area contributed by atoms with E-state index in [-0.39, 0.29) is 17.9 Å². The summed E-state index contributed by atoms with van der Waals surface area (Å²) in [5.74, 6) is -0.114. The number of hydrogen-bond donors (Lipinski definition) is 2. The van der Waals surface area contributed by atoms with Crippen molar-refractivity contribution >= 4 is 11.8 Å². The number of anilines is 1. The quantitative estimate of drug-likeness (QED) is 0.729. The summed E-state index contributed by atoms with van der Waals surface area (Å²) in [5.41, 5.74) is -0.155. The molecular formula is C15H25N3O3. The van der Waals surface area contributed by atoms with E-state index in [0.717, 1.165) is 12.8 Å². The lowest BCUT2D eigenvalue weighted by molar-refractivity contribution is -0.138. The Kier molecular flexibility index (Phi) is 6.91. The Hall–Kier alpha value is -1.85. The van der Waals surface area contributed by atoms with E-state index < -0.39 is 5.97 Å². The van der Waals surface area contributed by atoms with E-state index in [0.29, 0.717) is 24.8 Å². The summed E-state index contributed by atoms with van der Waals surface area (Å²) in [7, 11) is 0. The molecule has 1 unspecified atom stereocenters. The molecule has 118 valence electrons. The molecule has 1 aromatic rings. The first kappa shape index (κ1) is 17.2. The molecule has 0 saturated carbocycles. The summed E-state index contributed by atoms with van der Waals surface area (Å²) in [6.45, 7) is 7.22. The van der Waals surface area contributed by atoms with Gasteiger partial charge in [0.15, 0.2) is 5.82 Å². The Morgan fingerprint density at radius 3 is 2.76 bits per heavy atom. The molecular weight excluding hydrogens is 270 g/mol. The molecule has 0 amide bonds. The minimum atomic E-state index is -0.813. The van der Waals surface area contributed by atoms with Gasteiger partial charge in [-0.15, -0.1) is 0 Å². The molecule has 1 aromatic heterocycles. The minimum Gasteiger partial charge on any atom is -0.481 e. The van der Waals surface area contributed by atoms with Crippen LogP contribution in [0.25, 0.3) is 0 Å². The smallest absolute Gasteiger partial charge is 0.303 e. The lowest BCUT2D eigenvalue weighted by Crippen LogP contribution is -2.27. The number of carboxylic acid groups (broad SMARTS) is 1. The largest absolute Gasteiger partial charge is 0.481 e. The van der Waals surface area contributed by atoms with Crippen molar-refractivity contribution in [3.05, 3.63) is 22.7 Å². The number of aryl methyl sites for hydroxylation is 1. The van der Waals surface area contributed by atoms with Crippen molar-refractivity contribution in [1.82, 2.24) is 9.55 Å². The van der Waals surface area contributed by atoms with Crippen molar-refractivity contribution in [1.29, 1.82) is 0 Å². The molecule has 6 nitrogen and oxygen atoms in total. The van der Waals surface area contributed by atoms with Crippen LogP contribution in [0, 0.1) is 11.8 Å². The first-order chi connectivity index (χ1) is 9.93. The molecule has 2 N–H and O–H groups in total. The monoisotopic (exact) mass is 295 g/mol. The average molecular weight is 295 g/mol. The first-order valence-electron chi connectivity index (χ1n) is 7.45. The third-order valence-electron chi connectivity index (χ3n) is 3.20. The summed E-state index contributed by atoms with van der Waals surface area (Å²) < 4.78 is 1.62. The molecule has 0 radical (unpaired) electrons. The number of aliphatic carboxylic acids is 1. The lowest BCUT2D eigenvalue weighted by atomic mass is 9.94. The zero-order valence-corrected chi connectivity index (χ0v) is 13.0. The predicted molar refractivity (Wildman–Crippen MR) is 82.5 cm³/mol. The van der Waals surface area contributed by atoms with Crippen molar-refractivity contribution in [3.8, 4) is 0 Å². The zero-order chi connectivity index (χ0) is 15.8. The predicted octanol–water partition coefficient (Wildman–Crippen LogP) is 2.20. The van der Waals surface area contributed by atoms with Gasteiger partial charge in [0.2, 0.25) is 0 Å². The topological polar surface area (TPSA) is 84.2 Å². The summed E-state index contributed by atoms with van der Waals surface area (Å²) in [6, 6.07) is 0. The van der Waals surface area contributed by atoms with Crippen LogP contribution >= 0.6 is 0 Å². The van der Waals surface area contributed by atoms with Crippen molar-refractivity contribution in [2.24, 2.45) is 11.8 Å². The normalized spacial score (nSPS) is 12.4. The summed E-state index contributed by atoms with van der Waals surface area (Å²) >= 11 is 0. The van der Waals surface area contributed by atoms with Crippen molar-refractivity contribution in [2.75, 3.05) is 11.9 Å². The van der Waals surface area contributed by atoms with Gasteiger partial charge in [-0.2, -0.15) is 0 Å². The number of rotatable bonds is 9. The number of carbonyl (C=O) groups is 1. The second-order valence-corrected chi connectivity index (χ2v) is 5.75. The Labute approximate surface area is 125 Å². The van der Waals surface area contributed by atoms with Gasteiger partial charge in [0.25, 0.3) is 5.56 Å². The van der Waals surface area contributed by atoms with Gasteiger partial charge in [-0.3, -0.25) is 9.59 Å². The van der Waals surface area contributed by atoms with E-state index in [4.69, 9.17) is 5.11 Å². The molecule has 0 spiro atoms. The highest BCUT2D eigenvalue weighted by Crippen LogP contribution is 2.15. The number of hydrogen-bond acceptors (Lipinski definition) is 4. The molecule has 6 heteroatoms. The Bertz CT molecular complexity index is 511. The molecule has 0 aliphatic rings. The van der Waals surface area contributed by atoms with Crippen molar-refractivity contribution in [3.63, 3.8) is 0 Å². The summed E-state index contributed by atoms with van der Waals surface area (Å²) in [6.07, 6.45) is 5.03. The van der Waals surface area contributed by atoms with Gasteiger partial charge in [-0.1, -0.05) is 20.8 Å². The molecule has 0 aromatic carbocycles. The molecule has 21 heavy (non-hydrogen) atoms. The van der Waals surface area contributed by atoms with E-state index in [9.17, 15) is 9.59 Å². The second kappa shape index (κ2) is 8.44. The maximum Gasteiger partial charge on any atom is 0.303 e. The number of nitrogens with zero attached hydrogens (tertiary/aromatic N) is 2. The van der Waals surface area contributed by atoms with Gasteiger partial charge in [0.05, 0.1) is 0 Å². The zero-order valence-electron chi connectivity index (χ0n) is 13.0. The molecule has 0 aliphatic carbocycles. The van der Waals surface area contributed by atoms with Crippen LogP contribution in [-0.4, -0.2) is 27.2 Å². The van der Waals surface area contributed by atoms with Crippen LogP contribution < -0.4 is 10.9 Å². The fourth-order valence-electron chi connectivity index (χ4n) is 2.38. The van der Waals surface area contributed by atoms with Crippen LogP contribution in [0.1, 0.15) is 40.0 Å². The van der Waals surface area contributed by atoms with Crippen LogP contribution in [0.5, 0.6) is 0 Å². The number of nitrogens with one attached hydrogen (secondary N) is 1. The molecule has 0 fully saturated rings. The maximum atomic E-state index is 12.1. The summed E-state index contributed by atoms with van der Waals surface area (Å²) in [5, 5.41) is 12.0. The van der Waals surface area contributed by atoms with Gasteiger partial charge >= 0.3 is 5.97 Å². The van der Waals surface area contributed by atoms with Crippen LogP contribution in [0.2, 0.25) is 0 Å². The molecule has 1 atom stereocenters. The van der Waals surface area contributed by atoms with Crippen molar-refractivity contribution < 1.29 is 9.90 Å². The standard InChI is InChI=1S/C15H25N3O3/c1-4-6-18-7-5-16-14(15(18)21)17-10-12(8-11(2)3)9-13(19)20/h5,7,11-12H,4,6,8-10H2,1-3H3,(H,16,17)(H,19,20). The highest BCUT2D eigenvalue weighted by atomic mass is 16.4. The Balaban J connectivity index is 2.73. The molecule has 1 heterocycles. The van der Waals surface area contributed by atoms with Gasteiger partial charge < -0.3 is 15.0 Å². The van der Waals surface area contributed by atoms with Crippen LogP contribution in [0.4, 0.5) is 5.82 Å². The maximum absolute atomic E-state index is 12.1. The lowest BCUT2D eigenvalue weighted by Gasteiger charge is -2.18. The fraction of sp³-hybridized carbons (Fsp3) is 0.667. The average Bonchev–Trinajstić information content (AvgIpc) is 2.38. The van der Waals surface area contributed by atoms with E-state index in [1.165, 1.54) is 0 Å². The minimum absolute atomic E-state index is 0.0106. The number of carboxylic acids is 1. The molecule has 0 saturated heterocycles. The van der Waals surface area contributed by atoms with Crippen LogP contribution in [0.15, 0.2) is 17.2 Å². The third kappa shape index (κ3) is 5.97. The summed E-state index contributed by atoms with van der Waals surface area (Å²) in [4.78, 5) is 27.1. The van der Waals surface area contributed by atoms with Crippen molar-refractivity contribution in [2.45, 2.75) is 46.6 Å².